The lowest BCUT2D eigenvalue weighted by atomic mass is 9.95. The Morgan fingerprint density at radius 3 is 2.60 bits per heavy atom. The van der Waals surface area contributed by atoms with Crippen LogP contribution >= 0.6 is 11.9 Å². The van der Waals surface area contributed by atoms with Crippen molar-refractivity contribution < 1.29 is 4.79 Å². The van der Waals surface area contributed by atoms with E-state index in [2.05, 4.69) is 4.72 Å². The Labute approximate surface area is 65.9 Å². The Hall–Kier alpha value is -0.0200. The maximum atomic E-state index is 10.8. The first-order valence-corrected chi connectivity index (χ1v) is 4.85. The summed E-state index contributed by atoms with van der Waals surface area (Å²) in [5.41, 5.74) is 0. The SMILES string of the molecule is CSNC1CCC(=O)CC1. The smallest absolute Gasteiger partial charge is 0.133 e. The first-order valence-electron chi connectivity index (χ1n) is 3.63. The highest BCUT2D eigenvalue weighted by Gasteiger charge is 2.17. The Balaban J connectivity index is 2.19. The van der Waals surface area contributed by atoms with Crippen LogP contribution in [0.25, 0.3) is 0 Å². The van der Waals surface area contributed by atoms with Crippen molar-refractivity contribution in [1.29, 1.82) is 0 Å². The van der Waals surface area contributed by atoms with E-state index in [1.54, 1.807) is 11.9 Å². The molecule has 0 aromatic carbocycles. The van der Waals surface area contributed by atoms with Crippen LogP contribution in [0, 0.1) is 0 Å². The van der Waals surface area contributed by atoms with Gasteiger partial charge in [-0.25, -0.2) is 0 Å². The van der Waals surface area contributed by atoms with Gasteiger partial charge in [0.25, 0.3) is 0 Å². The van der Waals surface area contributed by atoms with Crippen molar-refractivity contribution in [3.63, 3.8) is 0 Å². The largest absolute Gasteiger partial charge is 0.300 e. The van der Waals surface area contributed by atoms with E-state index in [1.807, 2.05) is 6.26 Å². The number of carbonyl (C=O) groups excluding carboxylic acids is 1. The first-order chi connectivity index (χ1) is 4.83. The predicted octanol–water partition coefficient (Wildman–Crippen LogP) is 1.37. The first kappa shape index (κ1) is 8.08. The second-order valence-electron chi connectivity index (χ2n) is 2.63. The van der Waals surface area contributed by atoms with Crippen LogP contribution in [0.15, 0.2) is 0 Å². The molecule has 0 spiro atoms. The molecule has 0 aliphatic heterocycles. The highest BCUT2D eigenvalue weighted by Crippen LogP contribution is 2.15. The topological polar surface area (TPSA) is 29.1 Å². The monoisotopic (exact) mass is 159 g/mol. The standard InChI is InChI=1S/C7H13NOS/c1-10-8-6-2-4-7(9)5-3-6/h6,8H,2-5H2,1H3. The Morgan fingerprint density at radius 1 is 1.50 bits per heavy atom. The van der Waals surface area contributed by atoms with Crippen LogP contribution in [0.4, 0.5) is 0 Å². The molecule has 0 bridgehead atoms. The van der Waals surface area contributed by atoms with Crippen LogP contribution in [0.1, 0.15) is 25.7 Å². The molecule has 58 valence electrons. The molecule has 0 saturated heterocycles. The van der Waals surface area contributed by atoms with Crippen molar-refractivity contribution in [3.8, 4) is 0 Å². The van der Waals surface area contributed by atoms with E-state index in [9.17, 15) is 4.79 Å². The van der Waals surface area contributed by atoms with Gasteiger partial charge in [0.05, 0.1) is 0 Å². The summed E-state index contributed by atoms with van der Waals surface area (Å²) in [6, 6.07) is 0.577. The minimum atomic E-state index is 0.430. The third-order valence-corrected chi connectivity index (χ3v) is 2.40. The van der Waals surface area contributed by atoms with E-state index in [-0.39, 0.29) is 0 Å². The van der Waals surface area contributed by atoms with Crippen LogP contribution < -0.4 is 4.72 Å². The van der Waals surface area contributed by atoms with Crippen molar-refractivity contribution in [1.82, 2.24) is 4.72 Å². The summed E-state index contributed by atoms with van der Waals surface area (Å²) in [7, 11) is 0. The van der Waals surface area contributed by atoms with Crippen molar-refractivity contribution >= 4 is 17.7 Å². The summed E-state index contributed by atoms with van der Waals surface area (Å²) in [5.74, 6) is 0.430. The van der Waals surface area contributed by atoms with E-state index >= 15 is 0 Å². The lowest BCUT2D eigenvalue weighted by Crippen LogP contribution is -2.28. The van der Waals surface area contributed by atoms with E-state index in [1.165, 1.54) is 0 Å². The minimum Gasteiger partial charge on any atom is -0.300 e. The maximum absolute atomic E-state index is 10.8. The molecule has 1 fully saturated rings. The third kappa shape index (κ3) is 2.31. The molecule has 0 aromatic heterocycles. The van der Waals surface area contributed by atoms with E-state index < -0.39 is 0 Å². The number of carbonyl (C=O) groups is 1. The van der Waals surface area contributed by atoms with Gasteiger partial charge in [0, 0.05) is 18.9 Å². The molecule has 0 radical (unpaired) electrons. The molecule has 0 atom stereocenters. The van der Waals surface area contributed by atoms with Gasteiger partial charge in [0.1, 0.15) is 5.78 Å². The van der Waals surface area contributed by atoms with Crippen molar-refractivity contribution in [2.75, 3.05) is 6.26 Å². The molecule has 10 heavy (non-hydrogen) atoms. The quantitative estimate of drug-likeness (QED) is 0.617. The zero-order chi connectivity index (χ0) is 7.40. The zero-order valence-corrected chi connectivity index (χ0v) is 7.04. The van der Waals surface area contributed by atoms with Gasteiger partial charge in [-0.05, 0) is 19.1 Å². The average Bonchev–Trinajstić information content (AvgIpc) is 1.95. The number of hydrogen-bond donors (Lipinski definition) is 1. The van der Waals surface area contributed by atoms with Crippen molar-refractivity contribution in [3.05, 3.63) is 0 Å². The molecule has 2 nitrogen and oxygen atoms in total. The second-order valence-corrected chi connectivity index (χ2v) is 3.28. The molecule has 1 aliphatic rings. The predicted molar refractivity (Wildman–Crippen MR) is 43.9 cm³/mol. The molecular formula is C7H13NOS. The molecule has 1 saturated carbocycles. The van der Waals surface area contributed by atoms with Crippen LogP contribution in [0.3, 0.4) is 0 Å². The summed E-state index contributed by atoms with van der Waals surface area (Å²) in [6.07, 6.45) is 5.63. The van der Waals surface area contributed by atoms with Crippen LogP contribution in [-0.2, 0) is 4.79 Å². The van der Waals surface area contributed by atoms with E-state index in [0.29, 0.717) is 11.8 Å². The van der Waals surface area contributed by atoms with Gasteiger partial charge >= 0.3 is 0 Å². The Morgan fingerprint density at radius 2 is 2.10 bits per heavy atom. The lowest BCUT2D eigenvalue weighted by Gasteiger charge is -2.20. The molecular weight excluding hydrogens is 146 g/mol. The molecule has 0 heterocycles. The molecule has 0 aromatic rings. The fourth-order valence-electron chi connectivity index (χ4n) is 1.22. The molecule has 0 amide bonds. The minimum absolute atomic E-state index is 0.430. The summed E-state index contributed by atoms with van der Waals surface area (Å²) < 4.78 is 3.27. The van der Waals surface area contributed by atoms with E-state index in [4.69, 9.17) is 0 Å². The number of nitrogens with one attached hydrogen (secondary N) is 1. The van der Waals surface area contributed by atoms with E-state index in [0.717, 1.165) is 25.7 Å². The molecule has 1 N–H and O–H groups in total. The fourth-order valence-corrected chi connectivity index (χ4v) is 1.79. The second kappa shape index (κ2) is 3.98. The van der Waals surface area contributed by atoms with Gasteiger partial charge in [0.2, 0.25) is 0 Å². The van der Waals surface area contributed by atoms with Gasteiger partial charge in [-0.2, -0.15) is 0 Å². The Kier molecular flexibility index (Phi) is 3.22. The highest BCUT2D eigenvalue weighted by atomic mass is 32.2. The van der Waals surface area contributed by atoms with Crippen LogP contribution in [-0.4, -0.2) is 18.1 Å². The van der Waals surface area contributed by atoms with Crippen molar-refractivity contribution in [2.24, 2.45) is 0 Å². The van der Waals surface area contributed by atoms with Gasteiger partial charge in [0.15, 0.2) is 0 Å². The summed E-state index contributed by atoms with van der Waals surface area (Å²) in [6.45, 7) is 0. The molecule has 1 aliphatic carbocycles. The Bertz CT molecular complexity index is 117. The summed E-state index contributed by atoms with van der Waals surface area (Å²) >= 11 is 1.65. The molecule has 0 unspecified atom stereocenters. The molecule has 1 rings (SSSR count). The van der Waals surface area contributed by atoms with Crippen molar-refractivity contribution in [2.45, 2.75) is 31.7 Å². The number of rotatable bonds is 2. The summed E-state index contributed by atoms with van der Waals surface area (Å²) in [4.78, 5) is 10.8. The summed E-state index contributed by atoms with van der Waals surface area (Å²) in [5, 5.41) is 0. The van der Waals surface area contributed by atoms with Crippen LogP contribution in [0.2, 0.25) is 0 Å². The zero-order valence-electron chi connectivity index (χ0n) is 6.22. The lowest BCUT2D eigenvalue weighted by molar-refractivity contribution is -0.120. The highest BCUT2D eigenvalue weighted by molar-refractivity contribution is 7.96. The van der Waals surface area contributed by atoms with Gasteiger partial charge in [-0.1, -0.05) is 11.9 Å². The van der Waals surface area contributed by atoms with Crippen LogP contribution in [0.5, 0.6) is 0 Å². The number of Topliss-reactive ketones (excluding diaryl/α,β-unsaturated/α-hetero) is 1. The maximum Gasteiger partial charge on any atom is 0.133 e. The normalized spacial score (nSPS) is 21.5. The van der Waals surface area contributed by atoms with Gasteiger partial charge in [-0.15, -0.1) is 0 Å². The molecule has 3 heteroatoms. The number of ketones is 1. The third-order valence-electron chi connectivity index (χ3n) is 1.83. The van der Waals surface area contributed by atoms with Gasteiger partial charge < -0.3 is 0 Å². The van der Waals surface area contributed by atoms with Gasteiger partial charge in [-0.3, -0.25) is 9.52 Å². The fraction of sp³-hybridized carbons (Fsp3) is 0.857. The average molecular weight is 159 g/mol. The number of hydrogen-bond acceptors (Lipinski definition) is 3.